The number of methoxy groups -OCH3 is 1. The fourth-order valence-corrected chi connectivity index (χ4v) is 1.95. The lowest BCUT2D eigenvalue weighted by atomic mass is 10.1. The molecule has 0 spiro atoms. The Morgan fingerprint density at radius 2 is 1.95 bits per heavy atom. The van der Waals surface area contributed by atoms with Crippen LogP contribution in [-0.2, 0) is 4.79 Å². The van der Waals surface area contributed by atoms with Crippen molar-refractivity contribution in [1.29, 1.82) is 0 Å². The molecule has 7 heteroatoms. The number of hydrogen-bond donors (Lipinski definition) is 4. The number of hydrogen-bond acceptors (Lipinski definition) is 4. The summed E-state index contributed by atoms with van der Waals surface area (Å²) in [5.74, 6) is 0.637. The molecule has 0 heterocycles. The second kappa shape index (κ2) is 8.89. The number of aliphatic imine (C=N–C) groups is 1. The first-order valence-electron chi connectivity index (χ1n) is 7.19. The van der Waals surface area contributed by atoms with E-state index in [1.54, 1.807) is 7.11 Å². The molecule has 1 rings (SSSR count). The smallest absolute Gasteiger partial charge is 0.237 e. The van der Waals surface area contributed by atoms with E-state index >= 15 is 0 Å². The average Bonchev–Trinajstić information content (AvgIpc) is 2.51. The highest BCUT2D eigenvalue weighted by Gasteiger charge is 2.16. The molecule has 0 aromatic heterocycles. The molecular weight excluding hydrogens is 282 g/mol. The number of rotatable bonds is 8. The number of nitrogens with zero attached hydrogens (tertiary/aromatic N) is 1. The summed E-state index contributed by atoms with van der Waals surface area (Å²) in [5, 5.41) is 2.89. The number of nitrogens with one attached hydrogen (secondary N) is 1. The molecule has 1 aromatic rings. The van der Waals surface area contributed by atoms with Crippen molar-refractivity contribution in [2.24, 2.45) is 22.2 Å². The van der Waals surface area contributed by atoms with Crippen LogP contribution in [0.2, 0.25) is 0 Å². The molecule has 7 nitrogen and oxygen atoms in total. The minimum atomic E-state index is -0.574. The normalized spacial score (nSPS) is 13.0. The number of guanidine groups is 1. The fraction of sp³-hybridized carbons (Fsp3) is 0.467. The summed E-state index contributed by atoms with van der Waals surface area (Å²) in [6.07, 6.45) is 1.18. The van der Waals surface area contributed by atoms with Gasteiger partial charge in [-0.2, -0.15) is 0 Å². The topological polar surface area (TPSA) is 129 Å². The van der Waals surface area contributed by atoms with E-state index in [9.17, 15) is 4.79 Å². The maximum atomic E-state index is 12.0. The SMILES string of the molecule is COc1ccc(C(C)NC(=O)[C@@H](N)CCCN=C(N)N)cc1. The predicted molar refractivity (Wildman–Crippen MR) is 87.4 cm³/mol. The van der Waals surface area contributed by atoms with Gasteiger partial charge in [0.15, 0.2) is 5.96 Å². The van der Waals surface area contributed by atoms with Gasteiger partial charge < -0.3 is 27.3 Å². The van der Waals surface area contributed by atoms with Crippen molar-refractivity contribution in [3.63, 3.8) is 0 Å². The third-order valence-electron chi connectivity index (χ3n) is 3.28. The third-order valence-corrected chi connectivity index (χ3v) is 3.28. The molecule has 0 aliphatic heterocycles. The van der Waals surface area contributed by atoms with Crippen LogP contribution in [0.4, 0.5) is 0 Å². The zero-order valence-corrected chi connectivity index (χ0v) is 13.1. The second-order valence-corrected chi connectivity index (χ2v) is 5.06. The van der Waals surface area contributed by atoms with Gasteiger partial charge in [-0.05, 0) is 37.5 Å². The molecule has 0 radical (unpaired) electrons. The van der Waals surface area contributed by atoms with E-state index in [-0.39, 0.29) is 17.9 Å². The summed E-state index contributed by atoms with van der Waals surface area (Å²) >= 11 is 0. The summed E-state index contributed by atoms with van der Waals surface area (Å²) in [6, 6.07) is 6.83. The Hall–Kier alpha value is -2.28. The van der Waals surface area contributed by atoms with Crippen molar-refractivity contribution >= 4 is 11.9 Å². The van der Waals surface area contributed by atoms with E-state index < -0.39 is 6.04 Å². The Morgan fingerprint density at radius 1 is 1.32 bits per heavy atom. The summed E-state index contributed by atoms with van der Waals surface area (Å²) < 4.78 is 5.10. The highest BCUT2D eigenvalue weighted by Crippen LogP contribution is 2.17. The van der Waals surface area contributed by atoms with Crippen molar-refractivity contribution in [3.8, 4) is 5.75 Å². The standard InChI is InChI=1S/C15H25N5O2/c1-10(11-5-7-12(22-2)8-6-11)20-14(21)13(16)4-3-9-19-15(17)18/h5-8,10,13H,3-4,9,16H2,1-2H3,(H,20,21)(H4,17,18,19)/t10?,13-/m0/s1. The number of carbonyl (C=O) groups is 1. The van der Waals surface area contributed by atoms with Crippen LogP contribution < -0.4 is 27.3 Å². The molecule has 0 aliphatic carbocycles. The maximum absolute atomic E-state index is 12.0. The lowest BCUT2D eigenvalue weighted by Gasteiger charge is -2.18. The van der Waals surface area contributed by atoms with Gasteiger partial charge in [-0.1, -0.05) is 12.1 Å². The average molecular weight is 307 g/mol. The van der Waals surface area contributed by atoms with Crippen LogP contribution in [0.25, 0.3) is 0 Å². The minimum Gasteiger partial charge on any atom is -0.497 e. The van der Waals surface area contributed by atoms with Crippen LogP contribution >= 0.6 is 0 Å². The Balaban J connectivity index is 2.43. The minimum absolute atomic E-state index is 0.0474. The molecule has 1 amide bonds. The molecule has 1 aromatic carbocycles. The van der Waals surface area contributed by atoms with Crippen LogP contribution in [0.15, 0.2) is 29.3 Å². The van der Waals surface area contributed by atoms with Gasteiger partial charge in [-0.15, -0.1) is 0 Å². The molecule has 0 saturated heterocycles. The van der Waals surface area contributed by atoms with E-state index in [0.717, 1.165) is 11.3 Å². The van der Waals surface area contributed by atoms with Crippen LogP contribution in [0.3, 0.4) is 0 Å². The maximum Gasteiger partial charge on any atom is 0.237 e. The molecule has 22 heavy (non-hydrogen) atoms. The number of nitrogens with two attached hydrogens (primary N) is 3. The van der Waals surface area contributed by atoms with Gasteiger partial charge in [0.2, 0.25) is 5.91 Å². The summed E-state index contributed by atoms with van der Waals surface area (Å²) in [5.41, 5.74) is 17.3. The highest BCUT2D eigenvalue weighted by molar-refractivity contribution is 5.81. The molecule has 0 bridgehead atoms. The largest absolute Gasteiger partial charge is 0.497 e. The van der Waals surface area contributed by atoms with Crippen LogP contribution in [0, 0.1) is 0 Å². The van der Waals surface area contributed by atoms with Gasteiger partial charge in [-0.25, -0.2) is 0 Å². The third kappa shape index (κ3) is 6.01. The van der Waals surface area contributed by atoms with Gasteiger partial charge in [0.1, 0.15) is 5.75 Å². The molecule has 7 N–H and O–H groups in total. The van der Waals surface area contributed by atoms with Gasteiger partial charge in [0.05, 0.1) is 19.2 Å². The van der Waals surface area contributed by atoms with Crippen molar-refractivity contribution in [2.45, 2.75) is 31.8 Å². The first-order valence-corrected chi connectivity index (χ1v) is 7.19. The Morgan fingerprint density at radius 3 is 2.50 bits per heavy atom. The predicted octanol–water partition coefficient (Wildman–Crippen LogP) is 0.253. The van der Waals surface area contributed by atoms with Crippen molar-refractivity contribution in [1.82, 2.24) is 5.32 Å². The molecule has 0 saturated carbocycles. The van der Waals surface area contributed by atoms with Crippen molar-refractivity contribution in [3.05, 3.63) is 29.8 Å². The lowest BCUT2D eigenvalue weighted by Crippen LogP contribution is -2.41. The summed E-state index contributed by atoms with van der Waals surface area (Å²) in [7, 11) is 1.61. The molecule has 2 atom stereocenters. The van der Waals surface area contributed by atoms with Crippen LogP contribution in [0.1, 0.15) is 31.4 Å². The molecule has 122 valence electrons. The van der Waals surface area contributed by atoms with Crippen LogP contribution in [-0.4, -0.2) is 31.6 Å². The zero-order valence-electron chi connectivity index (χ0n) is 13.1. The Labute approximate surface area is 130 Å². The van der Waals surface area contributed by atoms with E-state index in [0.29, 0.717) is 19.4 Å². The van der Waals surface area contributed by atoms with E-state index in [1.807, 2.05) is 31.2 Å². The fourth-order valence-electron chi connectivity index (χ4n) is 1.95. The van der Waals surface area contributed by atoms with Gasteiger partial charge in [-0.3, -0.25) is 9.79 Å². The molecule has 0 aliphatic rings. The Kier molecular flexibility index (Phi) is 7.18. The first-order chi connectivity index (χ1) is 10.4. The van der Waals surface area contributed by atoms with E-state index in [2.05, 4.69) is 10.3 Å². The van der Waals surface area contributed by atoms with Crippen LogP contribution in [0.5, 0.6) is 5.75 Å². The van der Waals surface area contributed by atoms with E-state index in [1.165, 1.54) is 0 Å². The molecular formula is C15H25N5O2. The summed E-state index contributed by atoms with van der Waals surface area (Å²) in [4.78, 5) is 15.9. The van der Waals surface area contributed by atoms with Gasteiger partial charge in [0, 0.05) is 6.54 Å². The second-order valence-electron chi connectivity index (χ2n) is 5.06. The highest BCUT2D eigenvalue weighted by atomic mass is 16.5. The number of carbonyl (C=O) groups excluding carboxylic acids is 1. The summed E-state index contributed by atoms with van der Waals surface area (Å²) in [6.45, 7) is 2.38. The Bertz CT molecular complexity index is 497. The van der Waals surface area contributed by atoms with Gasteiger partial charge >= 0.3 is 0 Å². The number of ether oxygens (including phenoxy) is 1. The van der Waals surface area contributed by atoms with Crippen molar-refractivity contribution in [2.75, 3.05) is 13.7 Å². The number of benzene rings is 1. The monoisotopic (exact) mass is 307 g/mol. The van der Waals surface area contributed by atoms with Crippen molar-refractivity contribution < 1.29 is 9.53 Å². The molecule has 0 fully saturated rings. The quantitative estimate of drug-likeness (QED) is 0.311. The lowest BCUT2D eigenvalue weighted by molar-refractivity contribution is -0.123. The molecule has 1 unspecified atom stereocenters. The van der Waals surface area contributed by atoms with Gasteiger partial charge in [0.25, 0.3) is 0 Å². The first kappa shape index (κ1) is 17.8. The number of amides is 1. The van der Waals surface area contributed by atoms with E-state index in [4.69, 9.17) is 21.9 Å². The zero-order chi connectivity index (χ0) is 16.5.